The Kier molecular flexibility index (Phi) is 3.29. The summed E-state index contributed by atoms with van der Waals surface area (Å²) in [6.07, 6.45) is 2.01. The maximum atomic E-state index is 5.66. The predicted molar refractivity (Wildman–Crippen MR) is 39.3 cm³/mol. The SMILES string of the molecule is CCCC([SiH3])(Cl)Cl. The molecule has 0 aliphatic rings. The van der Waals surface area contributed by atoms with Crippen LogP contribution in [0.1, 0.15) is 19.8 Å². The van der Waals surface area contributed by atoms with Crippen LogP contribution in [-0.2, 0) is 0 Å². The second-order valence-electron chi connectivity index (χ2n) is 1.82. The fourth-order valence-electron chi connectivity index (χ4n) is 0.439. The minimum Gasteiger partial charge on any atom is -0.107 e. The van der Waals surface area contributed by atoms with Crippen LogP contribution in [-0.4, -0.2) is 14.2 Å². The molecular formula is C4H10Cl2Si. The minimum absolute atomic E-state index is 0.366. The molecule has 0 saturated heterocycles. The van der Waals surface area contributed by atoms with E-state index in [1.54, 1.807) is 0 Å². The van der Waals surface area contributed by atoms with Crippen molar-refractivity contribution in [2.75, 3.05) is 0 Å². The number of rotatable bonds is 2. The summed E-state index contributed by atoms with van der Waals surface area (Å²) in [6.45, 7) is 2.08. The van der Waals surface area contributed by atoms with Gasteiger partial charge in [-0.15, -0.1) is 23.2 Å². The first-order valence-electron chi connectivity index (χ1n) is 2.44. The van der Waals surface area contributed by atoms with Crippen molar-refractivity contribution in [2.45, 2.75) is 23.7 Å². The zero-order valence-electron chi connectivity index (χ0n) is 4.67. The van der Waals surface area contributed by atoms with Gasteiger partial charge in [0.05, 0.1) is 3.96 Å². The predicted octanol–water partition coefficient (Wildman–Crippen LogP) is 1.28. The standard InChI is InChI=1S/C4H10Cl2Si/c1-2-3-4(5,6)7/h2-3H2,1,7H3. The first-order valence-corrected chi connectivity index (χ1v) is 4.19. The quantitative estimate of drug-likeness (QED) is 0.418. The lowest BCUT2D eigenvalue weighted by molar-refractivity contribution is 0.821. The van der Waals surface area contributed by atoms with Crippen LogP contribution in [0.15, 0.2) is 0 Å². The maximum absolute atomic E-state index is 5.66. The van der Waals surface area contributed by atoms with Crippen LogP contribution in [0.3, 0.4) is 0 Å². The van der Waals surface area contributed by atoms with Gasteiger partial charge in [0.2, 0.25) is 0 Å². The zero-order valence-corrected chi connectivity index (χ0v) is 8.18. The molecular weight excluding hydrogens is 147 g/mol. The van der Waals surface area contributed by atoms with Gasteiger partial charge in [0.1, 0.15) is 0 Å². The first-order chi connectivity index (χ1) is 3.06. The summed E-state index contributed by atoms with van der Waals surface area (Å²) in [5.41, 5.74) is 0. The Balaban J connectivity index is 3.15. The molecule has 0 nitrogen and oxygen atoms in total. The van der Waals surface area contributed by atoms with Crippen molar-refractivity contribution in [3.8, 4) is 0 Å². The van der Waals surface area contributed by atoms with Crippen molar-refractivity contribution >= 4 is 33.4 Å². The molecule has 0 bridgehead atoms. The molecule has 44 valence electrons. The molecule has 0 aromatic carbocycles. The molecule has 0 aromatic rings. The molecule has 0 aliphatic heterocycles. The van der Waals surface area contributed by atoms with Gasteiger partial charge in [-0.3, -0.25) is 0 Å². The largest absolute Gasteiger partial charge is 0.107 e. The van der Waals surface area contributed by atoms with Crippen LogP contribution in [0.25, 0.3) is 0 Å². The van der Waals surface area contributed by atoms with E-state index in [1.165, 1.54) is 0 Å². The highest BCUT2D eigenvalue weighted by Gasteiger charge is 2.12. The van der Waals surface area contributed by atoms with Crippen LogP contribution in [0, 0.1) is 0 Å². The number of alkyl halides is 2. The lowest BCUT2D eigenvalue weighted by atomic mass is 10.4. The van der Waals surface area contributed by atoms with Crippen LogP contribution in [0.4, 0.5) is 0 Å². The molecule has 0 unspecified atom stereocenters. The molecule has 0 aliphatic carbocycles. The Morgan fingerprint density at radius 3 is 2.00 bits per heavy atom. The van der Waals surface area contributed by atoms with Gasteiger partial charge < -0.3 is 0 Å². The van der Waals surface area contributed by atoms with Gasteiger partial charge in [-0.05, 0) is 6.42 Å². The maximum Gasteiger partial charge on any atom is 0.0972 e. The molecule has 0 heterocycles. The average molecular weight is 157 g/mol. The number of hydrogen-bond acceptors (Lipinski definition) is 0. The third-order valence-electron chi connectivity index (χ3n) is 0.689. The highest BCUT2D eigenvalue weighted by Crippen LogP contribution is 2.21. The second-order valence-corrected chi connectivity index (χ2v) is 6.66. The van der Waals surface area contributed by atoms with Crippen LogP contribution in [0.2, 0.25) is 0 Å². The van der Waals surface area contributed by atoms with Crippen LogP contribution in [0.5, 0.6) is 0 Å². The van der Waals surface area contributed by atoms with E-state index >= 15 is 0 Å². The fraction of sp³-hybridized carbons (Fsp3) is 1.00. The second kappa shape index (κ2) is 2.95. The number of halogens is 2. The van der Waals surface area contributed by atoms with Gasteiger partial charge in [0.25, 0.3) is 0 Å². The Bertz CT molecular complexity index is 48.1. The third kappa shape index (κ3) is 6.80. The summed E-state index contributed by atoms with van der Waals surface area (Å²) in [6, 6.07) is 0. The van der Waals surface area contributed by atoms with Gasteiger partial charge in [-0.25, -0.2) is 0 Å². The third-order valence-corrected chi connectivity index (χ3v) is 1.57. The normalized spacial score (nSPS) is 12.4. The topological polar surface area (TPSA) is 0 Å². The molecule has 3 heteroatoms. The van der Waals surface area contributed by atoms with Gasteiger partial charge in [-0.2, -0.15) is 0 Å². The van der Waals surface area contributed by atoms with Crippen LogP contribution >= 0.6 is 23.2 Å². The summed E-state index contributed by atoms with van der Waals surface area (Å²) in [5.74, 6) is 0. The van der Waals surface area contributed by atoms with Crippen molar-refractivity contribution in [3.63, 3.8) is 0 Å². The van der Waals surface area contributed by atoms with Gasteiger partial charge in [-0.1, -0.05) is 13.3 Å². The molecule has 0 fully saturated rings. The Morgan fingerprint density at radius 1 is 1.57 bits per heavy atom. The minimum atomic E-state index is -0.366. The Morgan fingerprint density at radius 2 is 2.00 bits per heavy atom. The molecule has 0 N–H and O–H groups in total. The molecule has 0 amide bonds. The van der Waals surface area contributed by atoms with E-state index in [1.807, 2.05) is 0 Å². The van der Waals surface area contributed by atoms with Crippen molar-refractivity contribution in [2.24, 2.45) is 0 Å². The fourth-order valence-corrected chi connectivity index (χ4v) is 1.32. The molecule has 0 atom stereocenters. The molecule has 0 rings (SSSR count). The van der Waals surface area contributed by atoms with E-state index in [0.29, 0.717) is 0 Å². The highest BCUT2D eigenvalue weighted by atomic mass is 35.5. The lowest BCUT2D eigenvalue weighted by Crippen LogP contribution is -2.10. The summed E-state index contributed by atoms with van der Waals surface area (Å²) in [7, 11) is 0.869. The molecule has 0 saturated carbocycles. The van der Waals surface area contributed by atoms with Gasteiger partial charge in [0, 0.05) is 10.2 Å². The summed E-state index contributed by atoms with van der Waals surface area (Å²) in [5, 5.41) is 0. The van der Waals surface area contributed by atoms with E-state index in [9.17, 15) is 0 Å². The monoisotopic (exact) mass is 156 g/mol. The lowest BCUT2D eigenvalue weighted by Gasteiger charge is -2.09. The van der Waals surface area contributed by atoms with Crippen molar-refractivity contribution in [3.05, 3.63) is 0 Å². The summed E-state index contributed by atoms with van der Waals surface area (Å²) >= 11 is 11.3. The van der Waals surface area contributed by atoms with Crippen molar-refractivity contribution in [1.29, 1.82) is 0 Å². The van der Waals surface area contributed by atoms with E-state index in [2.05, 4.69) is 6.92 Å². The molecule has 7 heavy (non-hydrogen) atoms. The van der Waals surface area contributed by atoms with Crippen molar-refractivity contribution < 1.29 is 0 Å². The average Bonchev–Trinajstić information content (AvgIpc) is 1.30. The summed E-state index contributed by atoms with van der Waals surface area (Å²) in [4.78, 5) is 0. The van der Waals surface area contributed by atoms with Gasteiger partial charge >= 0.3 is 0 Å². The smallest absolute Gasteiger partial charge is 0.0972 e. The van der Waals surface area contributed by atoms with Gasteiger partial charge in [0.15, 0.2) is 0 Å². The highest BCUT2D eigenvalue weighted by molar-refractivity contribution is 6.65. The molecule has 0 radical (unpaired) electrons. The zero-order chi connectivity index (χ0) is 5.91. The van der Waals surface area contributed by atoms with E-state index in [0.717, 1.165) is 23.1 Å². The van der Waals surface area contributed by atoms with E-state index < -0.39 is 0 Å². The Hall–Kier alpha value is 0.797. The van der Waals surface area contributed by atoms with E-state index in [4.69, 9.17) is 23.2 Å². The molecule has 0 spiro atoms. The van der Waals surface area contributed by atoms with Crippen molar-refractivity contribution in [1.82, 2.24) is 0 Å². The molecule has 0 aromatic heterocycles. The summed E-state index contributed by atoms with van der Waals surface area (Å²) < 4.78 is -0.366. The Labute approximate surface area is 57.6 Å². The number of hydrogen-bond donors (Lipinski definition) is 0. The van der Waals surface area contributed by atoms with Crippen LogP contribution < -0.4 is 0 Å². The van der Waals surface area contributed by atoms with E-state index in [-0.39, 0.29) is 3.96 Å². The first kappa shape index (κ1) is 7.80.